The topological polar surface area (TPSA) is 53.1 Å². The number of benzene rings is 1. The lowest BCUT2D eigenvalue weighted by Gasteiger charge is -2.11. The van der Waals surface area contributed by atoms with Gasteiger partial charge in [0.2, 0.25) is 0 Å². The van der Waals surface area contributed by atoms with E-state index in [-0.39, 0.29) is 24.7 Å². The van der Waals surface area contributed by atoms with Crippen LogP contribution in [0.25, 0.3) is 11.1 Å². The highest BCUT2D eigenvalue weighted by Crippen LogP contribution is 2.29. The van der Waals surface area contributed by atoms with E-state index in [1.807, 2.05) is 0 Å². The normalized spacial score (nSPS) is 11.4. The van der Waals surface area contributed by atoms with Gasteiger partial charge in [-0.3, -0.25) is 4.68 Å². The molecule has 128 valence electrons. The van der Waals surface area contributed by atoms with Crippen LogP contribution in [0.5, 0.6) is 5.75 Å². The monoisotopic (exact) mass is 349 g/mol. The minimum Gasteiger partial charge on any atom is -0.406 e. The molecule has 0 unspecified atom stereocenters. The van der Waals surface area contributed by atoms with Crippen molar-refractivity contribution in [1.82, 2.24) is 9.78 Å². The van der Waals surface area contributed by atoms with Crippen LogP contribution >= 0.6 is 12.4 Å². The quantitative estimate of drug-likeness (QED) is 0.888. The minimum atomic E-state index is -4.73. The van der Waals surface area contributed by atoms with Gasteiger partial charge in [0, 0.05) is 24.8 Å². The fraction of sp³-hybridized carbons (Fsp3) is 0.400. The van der Waals surface area contributed by atoms with Crippen molar-refractivity contribution in [3.63, 3.8) is 0 Å². The number of ether oxygens (including phenoxy) is 1. The van der Waals surface area contributed by atoms with Crippen LogP contribution in [0.2, 0.25) is 0 Å². The van der Waals surface area contributed by atoms with E-state index in [1.165, 1.54) is 12.1 Å². The first-order valence-corrected chi connectivity index (χ1v) is 6.89. The zero-order chi connectivity index (χ0) is 16.3. The Balaban J connectivity index is 0.00000264. The molecule has 1 aromatic carbocycles. The van der Waals surface area contributed by atoms with E-state index < -0.39 is 6.36 Å². The third-order valence-electron chi connectivity index (χ3n) is 2.95. The molecule has 23 heavy (non-hydrogen) atoms. The van der Waals surface area contributed by atoms with Crippen molar-refractivity contribution in [3.8, 4) is 16.9 Å². The highest BCUT2D eigenvalue weighted by atomic mass is 35.5. The summed E-state index contributed by atoms with van der Waals surface area (Å²) in [4.78, 5) is 0. The minimum absolute atomic E-state index is 0. The van der Waals surface area contributed by atoms with E-state index in [1.54, 1.807) is 23.1 Å². The van der Waals surface area contributed by atoms with Gasteiger partial charge in [0.25, 0.3) is 0 Å². The third kappa shape index (κ3) is 5.76. The van der Waals surface area contributed by atoms with Crippen LogP contribution in [0.15, 0.2) is 30.6 Å². The van der Waals surface area contributed by atoms with E-state index in [2.05, 4.69) is 23.7 Å². The van der Waals surface area contributed by atoms with Gasteiger partial charge in [0.05, 0.1) is 6.20 Å². The third-order valence-corrected chi connectivity index (χ3v) is 2.95. The Bertz CT molecular complexity index is 641. The summed E-state index contributed by atoms with van der Waals surface area (Å²) in [5.74, 6) is 0.148. The van der Waals surface area contributed by atoms with E-state index in [4.69, 9.17) is 5.73 Å². The number of hydrogen-bond acceptors (Lipinski definition) is 3. The molecule has 1 aromatic heterocycles. The van der Waals surface area contributed by atoms with Gasteiger partial charge >= 0.3 is 6.36 Å². The predicted octanol–water partition coefficient (Wildman–Crippen LogP) is 3.99. The van der Waals surface area contributed by atoms with Crippen molar-refractivity contribution in [2.45, 2.75) is 33.3 Å². The van der Waals surface area contributed by atoms with Gasteiger partial charge < -0.3 is 10.5 Å². The molecule has 0 radical (unpaired) electrons. The molecule has 2 aromatic rings. The maximum atomic E-state index is 12.4. The number of hydrogen-bond donors (Lipinski definition) is 1. The van der Waals surface area contributed by atoms with Crippen LogP contribution in [0.4, 0.5) is 13.2 Å². The summed E-state index contributed by atoms with van der Waals surface area (Å²) in [7, 11) is 0. The Labute approximate surface area is 138 Å². The number of alkyl halides is 3. The van der Waals surface area contributed by atoms with Gasteiger partial charge in [0.1, 0.15) is 5.75 Å². The highest BCUT2D eigenvalue weighted by Gasteiger charge is 2.31. The van der Waals surface area contributed by atoms with Crippen molar-refractivity contribution in [2.75, 3.05) is 0 Å². The van der Waals surface area contributed by atoms with Crippen LogP contribution in [-0.4, -0.2) is 16.1 Å². The van der Waals surface area contributed by atoms with Crippen LogP contribution in [-0.2, 0) is 13.1 Å². The molecule has 0 saturated carbocycles. The average molecular weight is 350 g/mol. The molecule has 1 heterocycles. The number of nitrogens with zero attached hydrogens (tertiary/aromatic N) is 2. The fourth-order valence-corrected chi connectivity index (χ4v) is 2.12. The van der Waals surface area contributed by atoms with Gasteiger partial charge in [-0.15, -0.1) is 25.6 Å². The molecule has 4 nitrogen and oxygen atoms in total. The van der Waals surface area contributed by atoms with Gasteiger partial charge in [-0.2, -0.15) is 5.10 Å². The van der Waals surface area contributed by atoms with Crippen molar-refractivity contribution in [2.24, 2.45) is 11.7 Å². The molecule has 0 fully saturated rings. The average Bonchev–Trinajstić information content (AvgIpc) is 2.84. The van der Waals surface area contributed by atoms with Gasteiger partial charge in [-0.1, -0.05) is 13.8 Å². The maximum Gasteiger partial charge on any atom is 0.573 e. The lowest BCUT2D eigenvalue weighted by Crippen LogP contribution is -2.17. The van der Waals surface area contributed by atoms with E-state index in [0.29, 0.717) is 17.0 Å². The molecule has 0 saturated heterocycles. The zero-order valence-electron chi connectivity index (χ0n) is 12.8. The van der Waals surface area contributed by atoms with Crippen LogP contribution in [0, 0.1) is 5.92 Å². The number of nitrogens with two attached hydrogens (primary N) is 1. The van der Waals surface area contributed by atoms with E-state index in [0.717, 1.165) is 12.1 Å². The smallest absolute Gasteiger partial charge is 0.406 e. The lowest BCUT2D eigenvalue weighted by atomic mass is 10.1. The Kier molecular flexibility index (Phi) is 6.47. The van der Waals surface area contributed by atoms with Crippen LogP contribution in [0.1, 0.15) is 19.4 Å². The second-order valence-electron chi connectivity index (χ2n) is 5.46. The highest BCUT2D eigenvalue weighted by molar-refractivity contribution is 5.85. The SMILES string of the molecule is CC(C)Cn1cc(-c2cc(CN)cc(OC(F)(F)F)c2)cn1.Cl. The second-order valence-corrected chi connectivity index (χ2v) is 5.46. The predicted molar refractivity (Wildman–Crippen MR) is 84.3 cm³/mol. The van der Waals surface area contributed by atoms with Crippen LogP contribution < -0.4 is 10.5 Å². The summed E-state index contributed by atoms with van der Waals surface area (Å²) in [5, 5.41) is 4.21. The first kappa shape index (κ1) is 19.3. The Morgan fingerprint density at radius 1 is 1.22 bits per heavy atom. The molecule has 0 spiro atoms. The molecule has 8 heteroatoms. The van der Waals surface area contributed by atoms with Crippen molar-refractivity contribution in [3.05, 3.63) is 36.2 Å². The summed E-state index contributed by atoms with van der Waals surface area (Å²) in [6, 6.07) is 4.36. The molecule has 0 aliphatic rings. The van der Waals surface area contributed by atoms with Crippen molar-refractivity contribution >= 4 is 12.4 Å². The fourth-order valence-electron chi connectivity index (χ4n) is 2.12. The summed E-state index contributed by atoms with van der Waals surface area (Å²) in [5.41, 5.74) is 7.43. The first-order chi connectivity index (χ1) is 10.3. The second kappa shape index (κ2) is 7.70. The number of aromatic nitrogens is 2. The van der Waals surface area contributed by atoms with Crippen molar-refractivity contribution < 1.29 is 17.9 Å². The largest absolute Gasteiger partial charge is 0.573 e. The van der Waals surface area contributed by atoms with Crippen LogP contribution in [0.3, 0.4) is 0 Å². The van der Waals surface area contributed by atoms with Gasteiger partial charge in [-0.25, -0.2) is 0 Å². The van der Waals surface area contributed by atoms with Gasteiger partial charge in [0.15, 0.2) is 0 Å². The number of halogens is 4. The lowest BCUT2D eigenvalue weighted by molar-refractivity contribution is -0.274. The molecule has 0 atom stereocenters. The summed E-state index contributed by atoms with van der Waals surface area (Å²) < 4.78 is 42.9. The molecule has 2 N–H and O–H groups in total. The molecule has 0 aliphatic carbocycles. The number of rotatable bonds is 5. The maximum absolute atomic E-state index is 12.4. The summed E-state index contributed by atoms with van der Waals surface area (Å²) in [6.45, 7) is 4.99. The van der Waals surface area contributed by atoms with E-state index >= 15 is 0 Å². The van der Waals surface area contributed by atoms with E-state index in [9.17, 15) is 13.2 Å². The Hall–Kier alpha value is -1.73. The molecule has 2 rings (SSSR count). The Morgan fingerprint density at radius 3 is 2.48 bits per heavy atom. The summed E-state index contributed by atoms with van der Waals surface area (Å²) in [6.07, 6.45) is -1.31. The molecule has 0 amide bonds. The first-order valence-electron chi connectivity index (χ1n) is 6.89. The molecule has 0 aliphatic heterocycles. The molecular weight excluding hydrogens is 331 g/mol. The zero-order valence-corrected chi connectivity index (χ0v) is 13.6. The Morgan fingerprint density at radius 2 is 1.91 bits per heavy atom. The summed E-state index contributed by atoms with van der Waals surface area (Å²) >= 11 is 0. The molecule has 0 bridgehead atoms. The van der Waals surface area contributed by atoms with Gasteiger partial charge in [-0.05, 0) is 35.2 Å². The standard InChI is InChI=1S/C15H18F3N3O.ClH/c1-10(2)8-21-9-13(7-20-21)12-3-11(6-19)4-14(5-12)22-15(16,17)18;/h3-5,7,9-10H,6,8,19H2,1-2H3;1H. The van der Waals surface area contributed by atoms with Crippen molar-refractivity contribution in [1.29, 1.82) is 0 Å². The molecular formula is C15H19ClF3N3O.